The number of hydrogen-bond donors (Lipinski definition) is 0. The fourth-order valence-electron chi connectivity index (χ4n) is 3.10. The molecule has 0 amide bonds. The first-order valence-corrected chi connectivity index (χ1v) is 11.1. The third-order valence-corrected chi connectivity index (χ3v) is 6.53. The SMILES string of the molecule is COc1cccc(-c2nc(CSc3ncnc4c3cnn4-c3ccccc3)cs2)c1. The van der Waals surface area contributed by atoms with Crippen LogP contribution in [0.3, 0.4) is 0 Å². The molecule has 3 heterocycles. The number of ether oxygens (including phenoxy) is 1. The Bertz CT molecular complexity index is 1300. The maximum atomic E-state index is 5.31. The number of thioether (sulfide) groups is 1. The van der Waals surface area contributed by atoms with Gasteiger partial charge in [0.2, 0.25) is 0 Å². The molecule has 0 saturated heterocycles. The van der Waals surface area contributed by atoms with E-state index in [0.29, 0.717) is 0 Å². The number of nitrogens with zero attached hydrogens (tertiary/aromatic N) is 5. The van der Waals surface area contributed by atoms with Gasteiger partial charge in [-0.15, -0.1) is 11.3 Å². The topological polar surface area (TPSA) is 65.7 Å². The molecular formula is C22H17N5OS2. The van der Waals surface area contributed by atoms with Crippen molar-refractivity contribution in [3.05, 3.63) is 78.2 Å². The molecule has 0 saturated carbocycles. The number of methoxy groups -OCH3 is 1. The van der Waals surface area contributed by atoms with Crippen LogP contribution in [0.5, 0.6) is 5.75 Å². The summed E-state index contributed by atoms with van der Waals surface area (Å²) in [4.78, 5) is 13.7. The molecule has 6 nitrogen and oxygen atoms in total. The predicted octanol–water partition coefficient (Wildman–Crippen LogP) is 5.24. The molecule has 5 aromatic rings. The molecule has 0 aliphatic carbocycles. The average molecular weight is 432 g/mol. The lowest BCUT2D eigenvalue weighted by atomic mass is 10.2. The Morgan fingerprint density at radius 2 is 1.97 bits per heavy atom. The molecule has 0 spiro atoms. The minimum Gasteiger partial charge on any atom is -0.497 e. The van der Waals surface area contributed by atoms with E-state index in [2.05, 4.69) is 20.4 Å². The number of benzene rings is 2. The Labute approximate surface area is 181 Å². The van der Waals surface area contributed by atoms with Crippen LogP contribution in [0.2, 0.25) is 0 Å². The summed E-state index contributed by atoms with van der Waals surface area (Å²) < 4.78 is 7.15. The van der Waals surface area contributed by atoms with Crippen LogP contribution in [-0.4, -0.2) is 31.8 Å². The van der Waals surface area contributed by atoms with Crippen LogP contribution in [0.1, 0.15) is 5.69 Å². The van der Waals surface area contributed by atoms with Gasteiger partial charge >= 0.3 is 0 Å². The van der Waals surface area contributed by atoms with Crippen LogP contribution in [0.15, 0.2) is 77.5 Å². The number of hydrogen-bond acceptors (Lipinski definition) is 7. The Balaban J connectivity index is 1.37. The van der Waals surface area contributed by atoms with Crippen LogP contribution < -0.4 is 4.74 Å². The van der Waals surface area contributed by atoms with Crippen molar-refractivity contribution in [2.24, 2.45) is 0 Å². The molecule has 0 unspecified atom stereocenters. The van der Waals surface area contributed by atoms with E-state index in [-0.39, 0.29) is 0 Å². The fourth-order valence-corrected chi connectivity index (χ4v) is 4.88. The monoisotopic (exact) mass is 431 g/mol. The Kier molecular flexibility index (Phi) is 5.17. The van der Waals surface area contributed by atoms with E-state index in [0.717, 1.165) is 49.5 Å². The minimum absolute atomic E-state index is 0.725. The number of thiazole rings is 1. The third kappa shape index (κ3) is 3.67. The summed E-state index contributed by atoms with van der Waals surface area (Å²) in [6, 6.07) is 17.9. The highest BCUT2D eigenvalue weighted by atomic mass is 32.2. The van der Waals surface area contributed by atoms with E-state index in [9.17, 15) is 0 Å². The zero-order chi connectivity index (χ0) is 20.3. The van der Waals surface area contributed by atoms with Crippen molar-refractivity contribution >= 4 is 34.1 Å². The number of aromatic nitrogens is 5. The van der Waals surface area contributed by atoms with Crippen molar-refractivity contribution < 1.29 is 4.74 Å². The first kappa shape index (κ1) is 18.8. The van der Waals surface area contributed by atoms with Crippen LogP contribution in [-0.2, 0) is 5.75 Å². The summed E-state index contributed by atoms with van der Waals surface area (Å²) in [5.41, 5.74) is 3.85. The minimum atomic E-state index is 0.725. The van der Waals surface area contributed by atoms with E-state index < -0.39 is 0 Å². The quantitative estimate of drug-likeness (QED) is 0.271. The van der Waals surface area contributed by atoms with Gasteiger partial charge in [0.1, 0.15) is 22.1 Å². The highest BCUT2D eigenvalue weighted by Gasteiger charge is 2.13. The lowest BCUT2D eigenvalue weighted by molar-refractivity contribution is 0.415. The molecule has 3 aromatic heterocycles. The summed E-state index contributed by atoms with van der Waals surface area (Å²) in [5, 5.41) is 9.43. The number of rotatable bonds is 6. The van der Waals surface area contributed by atoms with Crippen LogP contribution in [0, 0.1) is 0 Å². The highest BCUT2D eigenvalue weighted by Crippen LogP contribution is 2.31. The summed E-state index contributed by atoms with van der Waals surface area (Å²) >= 11 is 3.28. The molecule has 0 aliphatic heterocycles. The Morgan fingerprint density at radius 3 is 2.83 bits per heavy atom. The van der Waals surface area contributed by atoms with Gasteiger partial charge in [-0.05, 0) is 24.3 Å². The maximum Gasteiger partial charge on any atom is 0.167 e. The summed E-state index contributed by atoms with van der Waals surface area (Å²) in [5.74, 6) is 1.56. The van der Waals surface area contributed by atoms with E-state index in [1.165, 1.54) is 0 Å². The standard InChI is InChI=1S/C22H17N5OS2/c1-28-18-9-5-6-15(10-18)21-26-16(12-29-21)13-30-22-19-11-25-27(20(19)23-14-24-22)17-7-3-2-4-8-17/h2-12,14H,13H2,1H3. The molecule has 0 aliphatic rings. The Morgan fingerprint density at radius 1 is 1.07 bits per heavy atom. The molecule has 148 valence electrons. The van der Waals surface area contributed by atoms with Crippen molar-refractivity contribution in [2.75, 3.05) is 7.11 Å². The maximum absolute atomic E-state index is 5.31. The van der Waals surface area contributed by atoms with Crippen molar-refractivity contribution in [2.45, 2.75) is 10.8 Å². The van der Waals surface area contributed by atoms with Crippen molar-refractivity contribution in [3.63, 3.8) is 0 Å². The second kappa shape index (κ2) is 8.25. The second-order valence-electron chi connectivity index (χ2n) is 6.47. The van der Waals surface area contributed by atoms with E-state index in [1.807, 2.05) is 65.5 Å². The molecule has 0 radical (unpaired) electrons. The smallest absolute Gasteiger partial charge is 0.167 e. The lowest BCUT2D eigenvalue weighted by Gasteiger charge is -2.03. The van der Waals surface area contributed by atoms with Gasteiger partial charge in [0, 0.05) is 16.7 Å². The fraction of sp³-hybridized carbons (Fsp3) is 0.0909. The third-order valence-electron chi connectivity index (χ3n) is 4.56. The Hall–Kier alpha value is -3.23. The van der Waals surface area contributed by atoms with Crippen LogP contribution in [0.25, 0.3) is 27.3 Å². The van der Waals surface area contributed by atoms with E-state index in [1.54, 1.807) is 36.5 Å². The van der Waals surface area contributed by atoms with Gasteiger partial charge in [-0.2, -0.15) is 5.10 Å². The van der Waals surface area contributed by atoms with Gasteiger partial charge in [0.05, 0.1) is 30.1 Å². The normalized spacial score (nSPS) is 11.1. The van der Waals surface area contributed by atoms with Crippen molar-refractivity contribution in [1.29, 1.82) is 0 Å². The molecule has 0 atom stereocenters. The largest absolute Gasteiger partial charge is 0.497 e. The van der Waals surface area contributed by atoms with Crippen LogP contribution in [0.4, 0.5) is 0 Å². The van der Waals surface area contributed by atoms with Gasteiger partial charge in [-0.1, -0.05) is 42.1 Å². The zero-order valence-electron chi connectivity index (χ0n) is 16.1. The van der Waals surface area contributed by atoms with Crippen molar-refractivity contribution in [1.82, 2.24) is 24.7 Å². The summed E-state index contributed by atoms with van der Waals surface area (Å²) in [6.07, 6.45) is 3.42. The van der Waals surface area contributed by atoms with Crippen LogP contribution >= 0.6 is 23.1 Å². The first-order chi connectivity index (χ1) is 14.8. The van der Waals surface area contributed by atoms with E-state index >= 15 is 0 Å². The van der Waals surface area contributed by atoms with Gasteiger partial charge in [-0.25, -0.2) is 19.6 Å². The molecule has 0 fully saturated rings. The average Bonchev–Trinajstić information content (AvgIpc) is 3.46. The van der Waals surface area contributed by atoms with Gasteiger partial charge in [0.15, 0.2) is 5.65 Å². The lowest BCUT2D eigenvalue weighted by Crippen LogP contribution is -1.97. The zero-order valence-corrected chi connectivity index (χ0v) is 17.7. The van der Waals surface area contributed by atoms with Gasteiger partial charge in [0.25, 0.3) is 0 Å². The molecule has 5 rings (SSSR count). The number of para-hydroxylation sites is 1. The molecule has 8 heteroatoms. The van der Waals surface area contributed by atoms with Gasteiger partial charge < -0.3 is 4.74 Å². The molecule has 2 aromatic carbocycles. The number of fused-ring (bicyclic) bond motifs is 1. The second-order valence-corrected chi connectivity index (χ2v) is 8.29. The predicted molar refractivity (Wildman–Crippen MR) is 120 cm³/mol. The van der Waals surface area contributed by atoms with Gasteiger partial charge in [-0.3, -0.25) is 0 Å². The molecule has 0 N–H and O–H groups in total. The molecule has 0 bridgehead atoms. The molecular weight excluding hydrogens is 414 g/mol. The highest BCUT2D eigenvalue weighted by molar-refractivity contribution is 7.98. The summed E-state index contributed by atoms with van der Waals surface area (Å²) in [6.45, 7) is 0. The first-order valence-electron chi connectivity index (χ1n) is 9.27. The summed E-state index contributed by atoms with van der Waals surface area (Å²) in [7, 11) is 1.67. The van der Waals surface area contributed by atoms with Crippen molar-refractivity contribution in [3.8, 4) is 22.0 Å². The van der Waals surface area contributed by atoms with E-state index in [4.69, 9.17) is 9.72 Å². The molecule has 30 heavy (non-hydrogen) atoms.